The van der Waals surface area contributed by atoms with Crippen molar-refractivity contribution in [3.05, 3.63) is 125 Å². The Hall–Kier alpha value is -3.33. The van der Waals surface area contributed by atoms with E-state index in [9.17, 15) is 13.8 Å². The second-order valence-electron chi connectivity index (χ2n) is 10.0. The quantitative estimate of drug-likeness (QED) is 0.168. The number of carbonyl (C=O) groups excluding carboxylic acids is 2. The minimum atomic E-state index is -1.72. The predicted octanol–water partition coefficient (Wildman–Crippen LogP) is 7.09. The highest BCUT2D eigenvalue weighted by atomic mass is 32.2. The third-order valence-electron chi connectivity index (χ3n) is 6.80. The number of hydrogen-bond acceptors (Lipinski definition) is 5. The molecule has 4 aromatic carbocycles. The molecule has 5 nitrogen and oxygen atoms in total. The zero-order chi connectivity index (χ0) is 29.9. The normalized spacial score (nSPS) is 12.4. The van der Waals surface area contributed by atoms with Crippen molar-refractivity contribution >= 4 is 46.3 Å². The number of hydrogen-bond donors (Lipinski definition) is 2. The summed E-state index contributed by atoms with van der Waals surface area (Å²) in [4.78, 5) is 27.5. The number of aryl methyl sites for hydroxylation is 2. The molecule has 8 heteroatoms. The summed E-state index contributed by atoms with van der Waals surface area (Å²) < 4.78 is 15.4. The van der Waals surface area contributed by atoms with Crippen LogP contribution in [0.2, 0.25) is 0 Å². The lowest BCUT2D eigenvalue weighted by molar-refractivity contribution is -0.121. The van der Waals surface area contributed by atoms with Crippen LogP contribution in [0.3, 0.4) is 0 Å². The molecule has 218 valence electrons. The first-order valence-electron chi connectivity index (χ1n) is 13.7. The van der Waals surface area contributed by atoms with Crippen LogP contribution < -0.4 is 10.0 Å². The summed E-state index contributed by atoms with van der Waals surface area (Å²) in [7, 11) is -1.72. The van der Waals surface area contributed by atoms with Crippen molar-refractivity contribution in [2.24, 2.45) is 0 Å². The van der Waals surface area contributed by atoms with Gasteiger partial charge in [-0.25, -0.2) is 4.21 Å². The summed E-state index contributed by atoms with van der Waals surface area (Å²) in [6, 6.07) is 30.6. The van der Waals surface area contributed by atoms with Crippen molar-refractivity contribution < 1.29 is 13.8 Å². The van der Waals surface area contributed by atoms with Crippen molar-refractivity contribution in [3.8, 4) is 11.1 Å². The largest absolute Gasteiger partial charge is 0.340 e. The van der Waals surface area contributed by atoms with Gasteiger partial charge in [-0.3, -0.25) is 14.3 Å². The van der Waals surface area contributed by atoms with E-state index in [1.54, 1.807) is 23.9 Å². The molecule has 42 heavy (non-hydrogen) atoms. The maximum absolute atomic E-state index is 13.8. The summed E-state index contributed by atoms with van der Waals surface area (Å²) in [5.41, 5.74) is 6.80. The predicted molar refractivity (Wildman–Crippen MR) is 178 cm³/mol. The van der Waals surface area contributed by atoms with Gasteiger partial charge in [0, 0.05) is 17.1 Å². The van der Waals surface area contributed by atoms with Gasteiger partial charge in [-0.2, -0.15) is 23.5 Å². The Labute approximate surface area is 259 Å². The molecule has 0 saturated heterocycles. The Kier molecular flexibility index (Phi) is 11.9. The monoisotopic (exact) mass is 616 g/mol. The van der Waals surface area contributed by atoms with Crippen LogP contribution in [0.5, 0.6) is 0 Å². The number of thioether (sulfide) groups is 2. The Morgan fingerprint density at radius 2 is 1.50 bits per heavy atom. The van der Waals surface area contributed by atoms with E-state index in [1.165, 1.54) is 5.56 Å². The molecular weight excluding hydrogens is 581 g/mol. The molecule has 4 rings (SSSR count). The van der Waals surface area contributed by atoms with Crippen molar-refractivity contribution in [2.45, 2.75) is 42.7 Å². The highest BCUT2D eigenvalue weighted by Gasteiger charge is 2.25. The van der Waals surface area contributed by atoms with Gasteiger partial charge in [0.2, 0.25) is 0 Å². The molecule has 0 radical (unpaired) electrons. The van der Waals surface area contributed by atoms with E-state index in [0.717, 1.165) is 39.3 Å². The number of benzene rings is 4. The van der Waals surface area contributed by atoms with E-state index in [4.69, 9.17) is 0 Å². The van der Waals surface area contributed by atoms with Gasteiger partial charge in [-0.1, -0.05) is 78.4 Å². The average Bonchev–Trinajstić information content (AvgIpc) is 3.00. The summed E-state index contributed by atoms with van der Waals surface area (Å²) >= 11 is 3.41. The van der Waals surface area contributed by atoms with E-state index in [-0.39, 0.29) is 5.91 Å². The highest BCUT2D eigenvalue weighted by Crippen LogP contribution is 2.30. The molecular formula is C34H36N2O3S3. The molecule has 0 spiro atoms. The number of carbonyl (C=O) groups is 2. The van der Waals surface area contributed by atoms with Crippen LogP contribution in [0.25, 0.3) is 11.1 Å². The molecule has 0 bridgehead atoms. The van der Waals surface area contributed by atoms with E-state index < -0.39 is 22.9 Å². The molecule has 0 aliphatic heterocycles. The third-order valence-corrected chi connectivity index (χ3v) is 9.61. The molecule has 0 fully saturated rings. The van der Waals surface area contributed by atoms with E-state index >= 15 is 0 Å². The molecule has 0 aliphatic carbocycles. The molecule has 0 heterocycles. The molecule has 2 unspecified atom stereocenters. The van der Waals surface area contributed by atoms with E-state index in [0.29, 0.717) is 22.6 Å². The Morgan fingerprint density at radius 1 is 0.810 bits per heavy atom. The van der Waals surface area contributed by atoms with Crippen LogP contribution in [0.4, 0.5) is 0 Å². The molecule has 4 aromatic rings. The minimum absolute atomic E-state index is 0.334. The fourth-order valence-electron chi connectivity index (χ4n) is 4.46. The van der Waals surface area contributed by atoms with Gasteiger partial charge in [0.25, 0.3) is 11.8 Å². The Bertz CT molecular complexity index is 1530. The van der Waals surface area contributed by atoms with Gasteiger partial charge < -0.3 is 5.32 Å². The number of nitrogens with one attached hydrogen (secondary N) is 2. The lowest BCUT2D eigenvalue weighted by atomic mass is 9.94. The maximum Gasteiger partial charge on any atom is 0.254 e. The summed E-state index contributed by atoms with van der Waals surface area (Å²) in [6.45, 7) is 3.98. The van der Waals surface area contributed by atoms with Crippen LogP contribution in [0.1, 0.15) is 39.0 Å². The average molecular weight is 617 g/mol. The lowest BCUT2D eigenvalue weighted by Crippen LogP contribution is -2.47. The lowest BCUT2D eigenvalue weighted by Gasteiger charge is -2.20. The standard InChI is InChI=1S/C34H36N2O3S3/c1-24-13-16-28(17-14-24)42(39)36-34(38)32(19-20-40-3)35-33(37)30-18-15-27(23-41-22-26-10-5-4-6-11-26)21-31(30)29-12-8-7-9-25(29)2/h4-18,21,32H,19-20,22-23H2,1-3H3,(H,35,37)(H,36,38). The SMILES string of the molecule is CSCCC(NC(=O)c1ccc(CSCc2ccccc2)cc1-c1ccccc1C)C(=O)NS(=O)c1ccc(C)cc1. The van der Waals surface area contributed by atoms with Gasteiger partial charge >= 0.3 is 0 Å². The van der Waals surface area contributed by atoms with Gasteiger partial charge in [-0.05, 0) is 84.4 Å². The van der Waals surface area contributed by atoms with Crippen LogP contribution in [-0.4, -0.2) is 34.1 Å². The molecule has 2 atom stereocenters. The first-order valence-corrected chi connectivity index (χ1v) is 17.4. The molecule has 0 saturated carbocycles. The van der Waals surface area contributed by atoms with Crippen LogP contribution in [0, 0.1) is 13.8 Å². The third kappa shape index (κ3) is 8.84. The smallest absolute Gasteiger partial charge is 0.254 e. The minimum Gasteiger partial charge on any atom is -0.340 e. The fourth-order valence-corrected chi connectivity index (χ4v) is 6.70. The first-order chi connectivity index (χ1) is 20.4. The van der Waals surface area contributed by atoms with Crippen LogP contribution >= 0.6 is 23.5 Å². The van der Waals surface area contributed by atoms with Crippen molar-refractivity contribution in [3.63, 3.8) is 0 Å². The number of rotatable bonds is 13. The first kappa shape index (κ1) is 31.6. The van der Waals surface area contributed by atoms with E-state index in [1.807, 2.05) is 98.6 Å². The van der Waals surface area contributed by atoms with Gasteiger partial charge in [0.05, 0.1) is 4.90 Å². The second-order valence-corrected chi connectivity index (χ2v) is 13.2. The molecule has 2 N–H and O–H groups in total. The maximum atomic E-state index is 13.8. The van der Waals surface area contributed by atoms with Crippen LogP contribution in [0.15, 0.2) is 102 Å². The summed E-state index contributed by atoms with van der Waals surface area (Å²) in [6.07, 6.45) is 2.36. The van der Waals surface area contributed by atoms with Crippen molar-refractivity contribution in [1.82, 2.24) is 10.0 Å². The van der Waals surface area contributed by atoms with Gasteiger partial charge in [0.1, 0.15) is 6.04 Å². The number of amides is 2. The Balaban J connectivity index is 1.54. The van der Waals surface area contributed by atoms with Gasteiger partial charge in [0.15, 0.2) is 11.0 Å². The van der Waals surface area contributed by atoms with E-state index in [2.05, 4.69) is 28.2 Å². The topological polar surface area (TPSA) is 75.3 Å². The van der Waals surface area contributed by atoms with Crippen LogP contribution in [-0.2, 0) is 27.3 Å². The summed E-state index contributed by atoms with van der Waals surface area (Å²) in [5.74, 6) is 1.57. The zero-order valence-corrected chi connectivity index (χ0v) is 26.5. The molecule has 2 amide bonds. The van der Waals surface area contributed by atoms with Crippen molar-refractivity contribution in [1.29, 1.82) is 0 Å². The van der Waals surface area contributed by atoms with Gasteiger partial charge in [-0.15, -0.1) is 0 Å². The fraction of sp³-hybridized carbons (Fsp3) is 0.235. The highest BCUT2D eigenvalue weighted by molar-refractivity contribution is 7.98. The molecule has 0 aliphatic rings. The van der Waals surface area contributed by atoms with Crippen molar-refractivity contribution in [2.75, 3.05) is 12.0 Å². The summed E-state index contributed by atoms with van der Waals surface area (Å²) in [5, 5.41) is 2.94. The zero-order valence-electron chi connectivity index (χ0n) is 24.1. The Morgan fingerprint density at radius 3 is 2.21 bits per heavy atom. The molecule has 0 aromatic heterocycles. The second kappa shape index (κ2) is 15.8.